The minimum absolute atomic E-state index is 0.103. The van der Waals surface area contributed by atoms with Gasteiger partial charge in [0.15, 0.2) is 0 Å². The fraction of sp³-hybridized carbons (Fsp3) is 0.333. The van der Waals surface area contributed by atoms with Gasteiger partial charge in [0, 0.05) is 10.0 Å². The van der Waals surface area contributed by atoms with Crippen LogP contribution in [0.15, 0.2) is 18.2 Å². The lowest BCUT2D eigenvalue weighted by atomic mass is 9.97. The van der Waals surface area contributed by atoms with Crippen molar-refractivity contribution in [2.45, 2.75) is 4.32 Å². The molecule has 0 radical (unpaired) electrons. The van der Waals surface area contributed by atoms with Gasteiger partial charge < -0.3 is 4.74 Å². The van der Waals surface area contributed by atoms with Gasteiger partial charge in [-0.3, -0.25) is 0 Å². The second-order valence-corrected chi connectivity index (χ2v) is 5.44. The Morgan fingerprint density at radius 1 is 1.31 bits per heavy atom. The summed E-state index contributed by atoms with van der Waals surface area (Å²) in [6.07, 6.45) is 0. The topological polar surface area (TPSA) is 9.23 Å². The minimum atomic E-state index is -0.103. The average molecular weight is 282 g/mol. The zero-order chi connectivity index (χ0) is 9.47. The molecule has 0 aromatic heterocycles. The molecule has 0 spiro atoms. The smallest absolute Gasteiger partial charge is 0.0985 e. The Balaban J connectivity index is 2.40. The van der Waals surface area contributed by atoms with Gasteiger partial charge in [-0.25, -0.2) is 0 Å². The van der Waals surface area contributed by atoms with Gasteiger partial charge in [-0.15, -0.1) is 0 Å². The van der Waals surface area contributed by atoms with Crippen LogP contribution in [-0.4, -0.2) is 13.2 Å². The van der Waals surface area contributed by atoms with E-state index in [-0.39, 0.29) is 4.32 Å². The summed E-state index contributed by atoms with van der Waals surface area (Å²) in [5.41, 5.74) is 1.05. The van der Waals surface area contributed by atoms with Crippen molar-refractivity contribution in [3.63, 3.8) is 0 Å². The molecule has 4 heteroatoms. The number of halogens is 3. The molecule has 1 saturated heterocycles. The van der Waals surface area contributed by atoms with E-state index in [0.717, 1.165) is 5.56 Å². The second-order valence-electron chi connectivity index (χ2n) is 3.08. The number of hydrogen-bond donors (Lipinski definition) is 0. The molecular weight excluding hydrogens is 275 g/mol. The van der Waals surface area contributed by atoms with Crippen LogP contribution in [0, 0.1) is 0 Å². The standard InChI is InChI=1S/C9H7BrCl2O/c10-9(4-13-5-9)7-2-1-6(11)3-8(7)12/h1-3H,4-5H2. The van der Waals surface area contributed by atoms with E-state index in [2.05, 4.69) is 15.9 Å². The van der Waals surface area contributed by atoms with Crippen molar-refractivity contribution in [3.05, 3.63) is 33.8 Å². The Morgan fingerprint density at radius 3 is 2.46 bits per heavy atom. The van der Waals surface area contributed by atoms with Crippen molar-refractivity contribution in [2.75, 3.05) is 13.2 Å². The zero-order valence-electron chi connectivity index (χ0n) is 6.69. The molecule has 0 N–H and O–H groups in total. The number of hydrogen-bond acceptors (Lipinski definition) is 1. The summed E-state index contributed by atoms with van der Waals surface area (Å²) < 4.78 is 5.04. The Kier molecular flexibility index (Phi) is 2.58. The lowest BCUT2D eigenvalue weighted by Gasteiger charge is -2.37. The van der Waals surface area contributed by atoms with Crippen molar-refractivity contribution >= 4 is 39.1 Å². The quantitative estimate of drug-likeness (QED) is 0.715. The highest BCUT2D eigenvalue weighted by Crippen LogP contribution is 2.42. The molecule has 1 fully saturated rings. The van der Waals surface area contributed by atoms with Gasteiger partial charge in [-0.05, 0) is 17.7 Å². The fourth-order valence-corrected chi connectivity index (χ4v) is 2.66. The van der Waals surface area contributed by atoms with Crippen molar-refractivity contribution in [1.82, 2.24) is 0 Å². The molecule has 13 heavy (non-hydrogen) atoms. The van der Waals surface area contributed by atoms with E-state index in [9.17, 15) is 0 Å². The van der Waals surface area contributed by atoms with Crippen LogP contribution in [0.5, 0.6) is 0 Å². The highest BCUT2D eigenvalue weighted by Gasteiger charge is 2.39. The summed E-state index contributed by atoms with van der Waals surface area (Å²) in [7, 11) is 0. The molecule has 1 aromatic rings. The van der Waals surface area contributed by atoms with Crippen molar-refractivity contribution < 1.29 is 4.74 Å². The Hall–Kier alpha value is 0.240. The second kappa shape index (κ2) is 3.43. The molecule has 0 amide bonds. The third-order valence-electron chi connectivity index (χ3n) is 2.08. The molecule has 0 atom stereocenters. The van der Waals surface area contributed by atoms with Crippen LogP contribution in [0.1, 0.15) is 5.56 Å². The zero-order valence-corrected chi connectivity index (χ0v) is 9.79. The third kappa shape index (κ3) is 1.73. The fourth-order valence-electron chi connectivity index (χ4n) is 1.29. The first kappa shape index (κ1) is 9.78. The van der Waals surface area contributed by atoms with Crippen LogP contribution in [-0.2, 0) is 9.06 Å². The molecule has 1 heterocycles. The molecule has 0 unspecified atom stereocenters. The van der Waals surface area contributed by atoms with Gasteiger partial charge in [0.2, 0.25) is 0 Å². The maximum atomic E-state index is 6.06. The van der Waals surface area contributed by atoms with E-state index < -0.39 is 0 Å². The predicted molar refractivity (Wildman–Crippen MR) is 57.9 cm³/mol. The van der Waals surface area contributed by atoms with E-state index >= 15 is 0 Å². The molecule has 1 aliphatic heterocycles. The summed E-state index contributed by atoms with van der Waals surface area (Å²) >= 11 is 15.5. The molecule has 0 saturated carbocycles. The number of ether oxygens (including phenoxy) is 1. The first-order valence-electron chi connectivity index (χ1n) is 3.84. The summed E-state index contributed by atoms with van der Waals surface area (Å²) in [5.74, 6) is 0. The van der Waals surface area contributed by atoms with Gasteiger partial charge in [-0.2, -0.15) is 0 Å². The largest absolute Gasteiger partial charge is 0.378 e. The summed E-state index contributed by atoms with van der Waals surface area (Å²) in [4.78, 5) is 0. The van der Waals surface area contributed by atoms with Gasteiger partial charge >= 0.3 is 0 Å². The maximum absolute atomic E-state index is 6.06. The van der Waals surface area contributed by atoms with Gasteiger partial charge in [0.05, 0.1) is 17.5 Å². The minimum Gasteiger partial charge on any atom is -0.378 e. The molecule has 0 aliphatic carbocycles. The van der Waals surface area contributed by atoms with Gasteiger partial charge in [0.1, 0.15) is 0 Å². The number of alkyl halides is 1. The summed E-state index contributed by atoms with van der Waals surface area (Å²) in [6, 6.07) is 5.52. The molecule has 2 rings (SSSR count). The van der Waals surface area contributed by atoms with Crippen molar-refractivity contribution in [2.24, 2.45) is 0 Å². The van der Waals surface area contributed by atoms with Gasteiger partial charge in [-0.1, -0.05) is 45.2 Å². The highest BCUT2D eigenvalue weighted by atomic mass is 79.9. The monoisotopic (exact) mass is 280 g/mol. The van der Waals surface area contributed by atoms with E-state index in [1.54, 1.807) is 6.07 Å². The van der Waals surface area contributed by atoms with Crippen LogP contribution < -0.4 is 0 Å². The number of rotatable bonds is 1. The summed E-state index contributed by atoms with van der Waals surface area (Å²) in [6.45, 7) is 1.32. The van der Waals surface area contributed by atoms with E-state index in [0.29, 0.717) is 23.3 Å². The van der Waals surface area contributed by atoms with Crippen LogP contribution in [0.3, 0.4) is 0 Å². The molecule has 1 nitrogen and oxygen atoms in total. The van der Waals surface area contributed by atoms with Crippen LogP contribution in [0.4, 0.5) is 0 Å². The van der Waals surface area contributed by atoms with Crippen molar-refractivity contribution in [3.8, 4) is 0 Å². The molecule has 1 aliphatic rings. The van der Waals surface area contributed by atoms with Crippen LogP contribution in [0.2, 0.25) is 10.0 Å². The number of benzene rings is 1. The Morgan fingerprint density at radius 2 is 2.00 bits per heavy atom. The average Bonchev–Trinajstić information content (AvgIpc) is 2.00. The SMILES string of the molecule is Clc1ccc(C2(Br)COC2)c(Cl)c1. The molecule has 0 bridgehead atoms. The Labute approximate surface area is 95.1 Å². The Bertz CT molecular complexity index is 336. The summed E-state index contributed by atoms with van der Waals surface area (Å²) in [5, 5.41) is 1.35. The third-order valence-corrected chi connectivity index (χ3v) is 3.51. The predicted octanol–water partition coefficient (Wildman–Crippen LogP) is 3.61. The van der Waals surface area contributed by atoms with E-state index in [1.165, 1.54) is 0 Å². The lowest BCUT2D eigenvalue weighted by Crippen LogP contribution is -2.41. The van der Waals surface area contributed by atoms with Crippen LogP contribution in [0.25, 0.3) is 0 Å². The lowest BCUT2D eigenvalue weighted by molar-refractivity contribution is -0.00694. The molecule has 70 valence electrons. The van der Waals surface area contributed by atoms with E-state index in [4.69, 9.17) is 27.9 Å². The normalized spacial score (nSPS) is 19.6. The highest BCUT2D eigenvalue weighted by molar-refractivity contribution is 9.09. The van der Waals surface area contributed by atoms with Gasteiger partial charge in [0.25, 0.3) is 0 Å². The van der Waals surface area contributed by atoms with Crippen LogP contribution >= 0.6 is 39.1 Å². The van der Waals surface area contributed by atoms with Crippen molar-refractivity contribution in [1.29, 1.82) is 0 Å². The molecular formula is C9H7BrCl2O. The first-order chi connectivity index (χ1) is 6.12. The molecule has 1 aromatic carbocycles. The van der Waals surface area contributed by atoms with E-state index in [1.807, 2.05) is 12.1 Å². The maximum Gasteiger partial charge on any atom is 0.0985 e. The first-order valence-corrected chi connectivity index (χ1v) is 5.39.